The van der Waals surface area contributed by atoms with Crippen molar-refractivity contribution in [1.82, 2.24) is 4.57 Å². The summed E-state index contributed by atoms with van der Waals surface area (Å²) in [6.07, 6.45) is 9.15. The maximum Gasteiger partial charge on any atom is 0.333 e. The van der Waals surface area contributed by atoms with E-state index in [0.717, 1.165) is 87.2 Å². The first-order valence-corrected chi connectivity index (χ1v) is 24.0. The molecule has 0 radical (unpaired) electrons. The Bertz CT molecular complexity index is 3630. The molecule has 13 rings (SSSR count). The first kappa shape index (κ1) is 38.3. The highest BCUT2D eigenvalue weighted by molar-refractivity contribution is 6.94. The molecule has 5 heterocycles. The highest BCUT2D eigenvalue weighted by Crippen LogP contribution is 2.54. The molecule has 7 aromatic carbocycles. The van der Waals surface area contributed by atoms with E-state index in [1.54, 1.807) is 0 Å². The van der Waals surface area contributed by atoms with E-state index in [0.29, 0.717) is 0 Å². The van der Waals surface area contributed by atoms with E-state index in [9.17, 15) is 0 Å². The average molecular weight is 835 g/mol. The molecule has 64 heavy (non-hydrogen) atoms. The second-order valence-electron chi connectivity index (χ2n) is 20.8. The number of hydrogen-bond donors (Lipinski definition) is 0. The van der Waals surface area contributed by atoms with E-state index in [1.807, 2.05) is 0 Å². The van der Waals surface area contributed by atoms with Crippen LogP contribution in [0, 0.1) is 6.92 Å². The Hall–Kier alpha value is -6.20. The van der Waals surface area contributed by atoms with E-state index < -0.39 is 0 Å². The van der Waals surface area contributed by atoms with Gasteiger partial charge in [-0.1, -0.05) is 109 Å². The minimum Gasteiger partial charge on any atom is -0.455 e. The van der Waals surface area contributed by atoms with E-state index >= 15 is 0 Å². The third-order valence-electron chi connectivity index (χ3n) is 15.9. The normalized spacial score (nSPS) is 15.9. The van der Waals surface area contributed by atoms with Crippen LogP contribution in [0.4, 0.5) is 11.4 Å². The van der Waals surface area contributed by atoms with Gasteiger partial charge in [0.25, 0.3) is 0 Å². The molecule has 10 aromatic rings. The minimum atomic E-state index is -0.131. The van der Waals surface area contributed by atoms with Gasteiger partial charge in [0.1, 0.15) is 16.7 Å². The standard InChI is InChI=1S/C59H55BN2O2/c1-8-10-16-35-22-24-47-40(29-35)41-30-36(17-11-9-2)31-46-54(41)61(47)55-53-43(32-42-38-19-13-15-21-51(38)64-57(42)55)52-48(25-23-39-37-18-12-14-20-50(37)63-56(39)52)62(60(46)53)49-33-45-44(28-34(49)3)58(4,5)26-27-59(45,6)7/h12-15,18-25,28-33H,8-11,16-17,26-27H2,1-7H3. The summed E-state index contributed by atoms with van der Waals surface area (Å²) in [6, 6.07) is 42.0. The zero-order valence-electron chi connectivity index (χ0n) is 38.3. The number of unbranched alkanes of at least 4 members (excludes halogenated alkanes) is 2. The first-order chi connectivity index (χ1) is 31.1. The summed E-state index contributed by atoms with van der Waals surface area (Å²) in [4.78, 5) is 2.74. The Morgan fingerprint density at radius 3 is 1.98 bits per heavy atom. The minimum absolute atomic E-state index is 0.0416. The summed E-state index contributed by atoms with van der Waals surface area (Å²) in [5, 5.41) is 7.26. The summed E-state index contributed by atoms with van der Waals surface area (Å²) in [7, 11) is 0. The SMILES string of the molecule is CCCCc1ccc2c(c1)c1cc(CCCC)cc3c1n2-c1c2c(cc4c1oc1ccccc14)-c1c(ccc4c1oc1ccccc14)N(c1cc4c(cc1C)C(C)(C)CCC4(C)C)B23. The fourth-order valence-electron chi connectivity index (χ4n) is 12.4. The maximum atomic E-state index is 7.19. The van der Waals surface area contributed by atoms with Gasteiger partial charge < -0.3 is 18.2 Å². The van der Waals surface area contributed by atoms with Crippen LogP contribution in [-0.2, 0) is 23.7 Å². The molecule has 0 saturated heterocycles. The quantitative estimate of drug-likeness (QED) is 0.150. The van der Waals surface area contributed by atoms with Crippen LogP contribution in [0.15, 0.2) is 118 Å². The van der Waals surface area contributed by atoms with Gasteiger partial charge in [-0.15, -0.1) is 0 Å². The number of aryl methyl sites for hydroxylation is 3. The van der Waals surface area contributed by atoms with Gasteiger partial charge >= 0.3 is 6.85 Å². The lowest BCUT2D eigenvalue weighted by Crippen LogP contribution is -2.61. The number of nitrogens with zero attached hydrogens (tertiary/aromatic N) is 2. The predicted octanol–water partition coefficient (Wildman–Crippen LogP) is 15.2. The maximum absolute atomic E-state index is 7.19. The Morgan fingerprint density at radius 1 is 0.594 bits per heavy atom. The van der Waals surface area contributed by atoms with Crippen molar-refractivity contribution in [3.05, 3.63) is 137 Å². The van der Waals surface area contributed by atoms with E-state index in [2.05, 4.69) is 167 Å². The van der Waals surface area contributed by atoms with Gasteiger partial charge in [0.15, 0.2) is 5.58 Å². The van der Waals surface area contributed by atoms with Crippen molar-refractivity contribution >= 4 is 94.8 Å². The van der Waals surface area contributed by atoms with Crippen LogP contribution in [-0.4, -0.2) is 11.4 Å². The van der Waals surface area contributed by atoms with Gasteiger partial charge in [0.05, 0.1) is 16.7 Å². The van der Waals surface area contributed by atoms with Crippen molar-refractivity contribution in [1.29, 1.82) is 0 Å². The molecule has 0 unspecified atom stereocenters. The average Bonchev–Trinajstić information content (AvgIpc) is 3.97. The van der Waals surface area contributed by atoms with Crippen LogP contribution in [0.1, 0.15) is 108 Å². The zero-order valence-corrected chi connectivity index (χ0v) is 38.3. The number of anilines is 2. The Kier molecular flexibility index (Phi) is 8.03. The number of benzene rings is 7. The highest BCUT2D eigenvalue weighted by atomic mass is 16.3. The molecule has 3 aliphatic rings. The monoisotopic (exact) mass is 834 g/mol. The van der Waals surface area contributed by atoms with E-state index in [4.69, 9.17) is 8.83 Å². The number of furan rings is 2. The van der Waals surface area contributed by atoms with Crippen molar-refractivity contribution in [2.45, 2.75) is 111 Å². The summed E-state index contributed by atoms with van der Waals surface area (Å²) < 4.78 is 16.9. The molecule has 0 fully saturated rings. The third kappa shape index (κ3) is 5.13. The van der Waals surface area contributed by atoms with Crippen LogP contribution in [0.3, 0.4) is 0 Å². The molecule has 0 bridgehead atoms. The molecule has 5 heteroatoms. The second-order valence-corrected chi connectivity index (χ2v) is 20.8. The van der Waals surface area contributed by atoms with Gasteiger partial charge in [-0.25, -0.2) is 0 Å². The molecular formula is C59H55BN2O2. The van der Waals surface area contributed by atoms with Crippen LogP contribution in [0.2, 0.25) is 0 Å². The topological polar surface area (TPSA) is 34.5 Å². The fourth-order valence-corrected chi connectivity index (χ4v) is 12.4. The van der Waals surface area contributed by atoms with Crippen molar-refractivity contribution in [2.75, 3.05) is 4.81 Å². The lowest BCUT2D eigenvalue weighted by molar-refractivity contribution is 0.332. The second kappa shape index (κ2) is 13.4. The van der Waals surface area contributed by atoms with Gasteiger partial charge in [-0.2, -0.15) is 0 Å². The van der Waals surface area contributed by atoms with Crippen LogP contribution in [0.5, 0.6) is 0 Å². The Morgan fingerprint density at radius 2 is 1.25 bits per heavy atom. The molecule has 0 N–H and O–H groups in total. The number of aromatic nitrogens is 1. The third-order valence-corrected chi connectivity index (χ3v) is 15.9. The Balaban J connectivity index is 1.24. The van der Waals surface area contributed by atoms with Gasteiger partial charge in [0.2, 0.25) is 0 Å². The van der Waals surface area contributed by atoms with E-state index in [-0.39, 0.29) is 17.7 Å². The lowest BCUT2D eigenvalue weighted by atomic mass is 9.43. The van der Waals surface area contributed by atoms with Gasteiger partial charge in [-0.05, 0) is 155 Å². The number of rotatable bonds is 7. The number of para-hydroxylation sites is 2. The predicted molar refractivity (Wildman–Crippen MR) is 272 cm³/mol. The van der Waals surface area contributed by atoms with Crippen LogP contribution < -0.4 is 15.7 Å². The molecule has 316 valence electrons. The molecule has 0 amide bonds. The number of hydrogen-bond acceptors (Lipinski definition) is 3. The van der Waals surface area contributed by atoms with Gasteiger partial charge in [0, 0.05) is 49.3 Å². The fraction of sp³-hybridized carbons (Fsp3) is 0.288. The molecule has 0 atom stereocenters. The van der Waals surface area contributed by atoms with Crippen molar-refractivity contribution in [3.63, 3.8) is 0 Å². The molecule has 2 aliphatic heterocycles. The summed E-state index contributed by atoms with van der Waals surface area (Å²) in [5.41, 5.74) is 22.2. The summed E-state index contributed by atoms with van der Waals surface area (Å²) >= 11 is 0. The van der Waals surface area contributed by atoms with E-state index in [1.165, 1.54) is 96.7 Å². The molecule has 1 aliphatic carbocycles. The molecule has 0 saturated carbocycles. The molecule has 0 spiro atoms. The van der Waals surface area contributed by atoms with Crippen LogP contribution in [0.25, 0.3) is 82.5 Å². The smallest absolute Gasteiger partial charge is 0.333 e. The Labute approximate surface area is 375 Å². The number of fused-ring (bicyclic) bond motifs is 16. The first-order valence-electron chi connectivity index (χ1n) is 24.0. The van der Waals surface area contributed by atoms with Crippen LogP contribution >= 0.6 is 0 Å². The molecule has 3 aromatic heterocycles. The lowest BCUT2D eigenvalue weighted by Gasteiger charge is -2.45. The highest BCUT2D eigenvalue weighted by Gasteiger charge is 2.48. The van der Waals surface area contributed by atoms with Crippen molar-refractivity contribution in [3.8, 4) is 16.8 Å². The van der Waals surface area contributed by atoms with Crippen molar-refractivity contribution < 1.29 is 8.83 Å². The zero-order chi connectivity index (χ0) is 43.4. The summed E-state index contributed by atoms with van der Waals surface area (Å²) in [5.74, 6) is 0. The molecule has 4 nitrogen and oxygen atoms in total. The summed E-state index contributed by atoms with van der Waals surface area (Å²) in [6.45, 7) is 16.7. The van der Waals surface area contributed by atoms with Gasteiger partial charge in [-0.3, -0.25) is 0 Å². The largest absolute Gasteiger partial charge is 0.455 e. The van der Waals surface area contributed by atoms with Crippen molar-refractivity contribution in [2.24, 2.45) is 0 Å². The molecular weight excluding hydrogens is 779 g/mol.